The van der Waals surface area contributed by atoms with Crippen molar-refractivity contribution in [3.8, 4) is 18.1 Å². The van der Waals surface area contributed by atoms with E-state index in [9.17, 15) is 0 Å². The number of hydrogen-bond acceptors (Lipinski definition) is 2. The number of rotatable bonds is 5. The normalized spacial score (nSPS) is 9.43. The molecule has 0 atom stereocenters. The van der Waals surface area contributed by atoms with Crippen LogP contribution in [0, 0.1) is 12.3 Å². The molecule has 0 spiro atoms. The fraction of sp³-hybridized carbons (Fsp3) is 0.333. The van der Waals surface area contributed by atoms with Crippen LogP contribution >= 0.6 is 11.8 Å². The van der Waals surface area contributed by atoms with E-state index in [1.165, 1.54) is 5.56 Å². The zero-order valence-electron chi connectivity index (χ0n) is 8.32. The van der Waals surface area contributed by atoms with Crippen LogP contribution in [0.2, 0.25) is 0 Å². The van der Waals surface area contributed by atoms with Crippen LogP contribution in [0.4, 0.5) is 0 Å². The third-order valence-electron chi connectivity index (χ3n) is 1.82. The van der Waals surface area contributed by atoms with Gasteiger partial charge in [0.15, 0.2) is 0 Å². The van der Waals surface area contributed by atoms with Gasteiger partial charge < -0.3 is 4.74 Å². The zero-order valence-corrected chi connectivity index (χ0v) is 9.14. The molecule has 14 heavy (non-hydrogen) atoms. The van der Waals surface area contributed by atoms with Crippen molar-refractivity contribution in [2.75, 3.05) is 12.9 Å². The zero-order chi connectivity index (χ0) is 10.2. The van der Waals surface area contributed by atoms with Gasteiger partial charge in [-0.15, -0.1) is 12.3 Å². The number of thioether (sulfide) groups is 1. The van der Waals surface area contributed by atoms with Gasteiger partial charge >= 0.3 is 0 Å². The third-order valence-corrected chi connectivity index (χ3v) is 2.85. The molecule has 0 bridgehead atoms. The average molecular weight is 206 g/mol. The van der Waals surface area contributed by atoms with Crippen molar-refractivity contribution in [2.45, 2.75) is 12.2 Å². The summed E-state index contributed by atoms with van der Waals surface area (Å²) in [4.78, 5) is 0. The summed E-state index contributed by atoms with van der Waals surface area (Å²) in [7, 11) is 1.68. The first-order valence-corrected chi connectivity index (χ1v) is 5.66. The van der Waals surface area contributed by atoms with Gasteiger partial charge in [-0.25, -0.2) is 0 Å². The van der Waals surface area contributed by atoms with Crippen molar-refractivity contribution in [3.63, 3.8) is 0 Å². The maximum absolute atomic E-state index is 5.17. The van der Waals surface area contributed by atoms with E-state index >= 15 is 0 Å². The van der Waals surface area contributed by atoms with Crippen molar-refractivity contribution < 1.29 is 4.74 Å². The van der Waals surface area contributed by atoms with Gasteiger partial charge in [-0.1, -0.05) is 12.1 Å². The molecule has 0 aliphatic heterocycles. The van der Waals surface area contributed by atoms with Crippen LogP contribution in [-0.2, 0) is 5.75 Å². The van der Waals surface area contributed by atoms with Crippen LogP contribution in [0.3, 0.4) is 0 Å². The summed E-state index contributed by atoms with van der Waals surface area (Å²) in [5.74, 6) is 5.59. The van der Waals surface area contributed by atoms with Crippen LogP contribution < -0.4 is 4.74 Å². The molecule has 2 heteroatoms. The standard InChI is InChI=1S/C12H14OS/c1-3-4-9-14-10-11-5-7-12(13-2)8-6-11/h1,5-8H,4,9-10H2,2H3. The Bertz CT molecular complexity index is 297. The van der Waals surface area contributed by atoms with Gasteiger partial charge in [-0.3, -0.25) is 0 Å². The molecule has 1 aromatic rings. The molecule has 1 aromatic carbocycles. The molecule has 0 N–H and O–H groups in total. The highest BCUT2D eigenvalue weighted by Gasteiger charge is 1.94. The van der Waals surface area contributed by atoms with Gasteiger partial charge in [0.25, 0.3) is 0 Å². The minimum Gasteiger partial charge on any atom is -0.497 e. The van der Waals surface area contributed by atoms with Gasteiger partial charge in [0.2, 0.25) is 0 Å². The molecule has 1 rings (SSSR count). The number of methoxy groups -OCH3 is 1. The van der Waals surface area contributed by atoms with Gasteiger partial charge in [0, 0.05) is 17.9 Å². The van der Waals surface area contributed by atoms with Crippen LogP contribution in [0.15, 0.2) is 24.3 Å². The highest BCUT2D eigenvalue weighted by Crippen LogP contribution is 2.16. The highest BCUT2D eigenvalue weighted by atomic mass is 32.2. The molecule has 0 heterocycles. The molecular formula is C12H14OS. The second-order valence-electron chi connectivity index (χ2n) is 2.85. The number of terminal acetylenes is 1. The van der Waals surface area contributed by atoms with Crippen molar-refractivity contribution >= 4 is 11.8 Å². The maximum Gasteiger partial charge on any atom is 0.118 e. The molecule has 0 aliphatic carbocycles. The summed E-state index contributed by atoms with van der Waals surface area (Å²) >= 11 is 1.86. The Morgan fingerprint density at radius 1 is 1.36 bits per heavy atom. The molecule has 1 nitrogen and oxygen atoms in total. The van der Waals surface area contributed by atoms with E-state index < -0.39 is 0 Å². The van der Waals surface area contributed by atoms with Gasteiger partial charge in [-0.2, -0.15) is 11.8 Å². The molecule has 0 unspecified atom stereocenters. The van der Waals surface area contributed by atoms with E-state index in [0.717, 1.165) is 23.7 Å². The van der Waals surface area contributed by atoms with Gasteiger partial charge in [0.1, 0.15) is 5.75 Å². The molecule has 0 saturated carbocycles. The van der Waals surface area contributed by atoms with E-state index in [4.69, 9.17) is 11.2 Å². The monoisotopic (exact) mass is 206 g/mol. The predicted octanol–water partition coefficient (Wildman–Crippen LogP) is 2.95. The molecule has 0 amide bonds. The second-order valence-corrected chi connectivity index (χ2v) is 3.96. The van der Waals surface area contributed by atoms with Crippen LogP contribution in [-0.4, -0.2) is 12.9 Å². The lowest BCUT2D eigenvalue weighted by Crippen LogP contribution is -1.85. The van der Waals surface area contributed by atoms with Crippen LogP contribution in [0.25, 0.3) is 0 Å². The predicted molar refractivity (Wildman–Crippen MR) is 62.6 cm³/mol. The van der Waals surface area contributed by atoms with E-state index in [2.05, 4.69) is 18.1 Å². The van der Waals surface area contributed by atoms with Gasteiger partial charge in [0.05, 0.1) is 7.11 Å². The topological polar surface area (TPSA) is 9.23 Å². The first-order chi connectivity index (χ1) is 6.86. The Balaban J connectivity index is 2.33. The quantitative estimate of drug-likeness (QED) is 0.541. The SMILES string of the molecule is C#CCCSCc1ccc(OC)cc1. The lowest BCUT2D eigenvalue weighted by atomic mass is 10.2. The Kier molecular flexibility index (Phi) is 5.03. The highest BCUT2D eigenvalue weighted by molar-refractivity contribution is 7.98. The Morgan fingerprint density at radius 2 is 2.07 bits per heavy atom. The molecule has 0 aromatic heterocycles. The van der Waals surface area contributed by atoms with E-state index in [-0.39, 0.29) is 0 Å². The molecule has 74 valence electrons. The van der Waals surface area contributed by atoms with Crippen molar-refractivity contribution in [3.05, 3.63) is 29.8 Å². The minimum atomic E-state index is 0.848. The molecule has 0 saturated heterocycles. The fourth-order valence-corrected chi connectivity index (χ4v) is 1.88. The second kappa shape index (κ2) is 6.39. The number of hydrogen-bond donors (Lipinski definition) is 0. The summed E-state index contributed by atoms with van der Waals surface area (Å²) in [5.41, 5.74) is 1.31. The lowest BCUT2D eigenvalue weighted by Gasteiger charge is -2.02. The summed E-state index contributed by atoms with van der Waals surface area (Å²) in [6.45, 7) is 0. The average Bonchev–Trinajstić information content (AvgIpc) is 2.25. The maximum atomic E-state index is 5.17. The van der Waals surface area contributed by atoms with E-state index in [1.54, 1.807) is 7.11 Å². The molecule has 0 aliphatic rings. The summed E-state index contributed by atoms with van der Waals surface area (Å²) in [6, 6.07) is 8.14. The third kappa shape index (κ3) is 3.76. The minimum absolute atomic E-state index is 0.848. The van der Waals surface area contributed by atoms with Crippen LogP contribution in [0.5, 0.6) is 5.75 Å². The lowest BCUT2D eigenvalue weighted by molar-refractivity contribution is 0.414. The van der Waals surface area contributed by atoms with Crippen molar-refractivity contribution in [1.82, 2.24) is 0 Å². The number of benzene rings is 1. The summed E-state index contributed by atoms with van der Waals surface area (Å²) < 4.78 is 5.08. The van der Waals surface area contributed by atoms with E-state index in [1.807, 2.05) is 23.9 Å². The fourth-order valence-electron chi connectivity index (χ4n) is 1.04. The first kappa shape index (κ1) is 11.0. The van der Waals surface area contributed by atoms with E-state index in [0.29, 0.717) is 0 Å². The Hall–Kier alpha value is -1.07. The first-order valence-electron chi connectivity index (χ1n) is 4.51. The van der Waals surface area contributed by atoms with Crippen molar-refractivity contribution in [2.24, 2.45) is 0 Å². The Labute approximate surface area is 89.9 Å². The Morgan fingerprint density at radius 3 is 2.64 bits per heavy atom. The molecule has 0 radical (unpaired) electrons. The van der Waals surface area contributed by atoms with Gasteiger partial charge in [-0.05, 0) is 17.7 Å². The molecule has 0 fully saturated rings. The smallest absolute Gasteiger partial charge is 0.118 e. The molecular weight excluding hydrogens is 192 g/mol. The van der Waals surface area contributed by atoms with Crippen LogP contribution in [0.1, 0.15) is 12.0 Å². The summed E-state index contributed by atoms with van der Waals surface area (Å²) in [6.07, 6.45) is 6.01. The number of ether oxygens (including phenoxy) is 1. The largest absolute Gasteiger partial charge is 0.497 e. The summed E-state index contributed by atoms with van der Waals surface area (Å²) in [5, 5.41) is 0. The van der Waals surface area contributed by atoms with Crippen molar-refractivity contribution in [1.29, 1.82) is 0 Å².